The van der Waals surface area contributed by atoms with Crippen molar-refractivity contribution >= 4 is 0 Å². The van der Waals surface area contributed by atoms with Gasteiger partial charge in [0.25, 0.3) is 0 Å². The molecule has 0 fully saturated rings. The first-order chi connectivity index (χ1) is 7.73. The second kappa shape index (κ2) is 5.19. The summed E-state index contributed by atoms with van der Waals surface area (Å²) in [5.74, 6) is 0. The van der Waals surface area contributed by atoms with Crippen molar-refractivity contribution < 1.29 is 0 Å². The molecule has 0 spiro atoms. The molecule has 1 aromatic carbocycles. The van der Waals surface area contributed by atoms with E-state index < -0.39 is 0 Å². The molecule has 0 heterocycles. The van der Waals surface area contributed by atoms with Crippen molar-refractivity contribution in [1.82, 2.24) is 4.90 Å². The molecule has 1 unspecified atom stereocenters. The Kier molecular flexibility index (Phi) is 4.34. The van der Waals surface area contributed by atoms with Crippen LogP contribution in [0.1, 0.15) is 30.5 Å². The molecule has 0 amide bonds. The highest BCUT2D eigenvalue weighted by atomic mass is 15.2. The number of rotatable bonds is 4. The van der Waals surface area contributed by atoms with Crippen LogP contribution in [0.2, 0.25) is 0 Å². The molecule has 0 aliphatic rings. The van der Waals surface area contributed by atoms with Crippen molar-refractivity contribution in [3.05, 3.63) is 34.9 Å². The van der Waals surface area contributed by atoms with Crippen molar-refractivity contribution in [2.75, 3.05) is 14.1 Å². The molecule has 0 bridgehead atoms. The highest BCUT2D eigenvalue weighted by Crippen LogP contribution is 2.19. The minimum absolute atomic E-state index is 0.0116. The zero-order valence-electron chi connectivity index (χ0n) is 12.0. The summed E-state index contributed by atoms with van der Waals surface area (Å²) < 4.78 is 0. The average Bonchev–Trinajstić information content (AvgIpc) is 2.15. The van der Waals surface area contributed by atoms with Gasteiger partial charge in [-0.1, -0.05) is 29.3 Å². The van der Waals surface area contributed by atoms with E-state index in [4.69, 9.17) is 5.73 Å². The third-order valence-corrected chi connectivity index (χ3v) is 3.80. The summed E-state index contributed by atoms with van der Waals surface area (Å²) in [6.07, 6.45) is 0.924. The van der Waals surface area contributed by atoms with Crippen LogP contribution in [0.15, 0.2) is 18.2 Å². The Morgan fingerprint density at radius 1 is 1.12 bits per heavy atom. The monoisotopic (exact) mass is 234 g/mol. The maximum Gasteiger partial charge on any atom is 0.0301 e. The molecule has 2 N–H and O–H groups in total. The van der Waals surface area contributed by atoms with Gasteiger partial charge in [0.1, 0.15) is 0 Å². The maximum absolute atomic E-state index is 6.34. The predicted molar refractivity (Wildman–Crippen MR) is 75.4 cm³/mol. The number of hydrogen-bond donors (Lipinski definition) is 1. The van der Waals surface area contributed by atoms with E-state index in [0.717, 1.165) is 6.42 Å². The Morgan fingerprint density at radius 2 is 1.59 bits per heavy atom. The molecule has 2 nitrogen and oxygen atoms in total. The third kappa shape index (κ3) is 3.55. The van der Waals surface area contributed by atoms with Crippen molar-refractivity contribution in [1.29, 1.82) is 0 Å². The van der Waals surface area contributed by atoms with Crippen molar-refractivity contribution in [3.8, 4) is 0 Å². The van der Waals surface area contributed by atoms with Crippen LogP contribution < -0.4 is 5.73 Å². The van der Waals surface area contributed by atoms with Gasteiger partial charge < -0.3 is 10.6 Å². The summed E-state index contributed by atoms with van der Waals surface area (Å²) in [6, 6.07) is 6.81. The fourth-order valence-electron chi connectivity index (χ4n) is 2.02. The molecule has 0 saturated carbocycles. The van der Waals surface area contributed by atoms with Crippen LogP contribution >= 0.6 is 0 Å². The molecule has 1 atom stereocenters. The number of aryl methyl sites for hydroxylation is 2. The fourth-order valence-corrected chi connectivity index (χ4v) is 2.02. The van der Waals surface area contributed by atoms with E-state index in [1.54, 1.807) is 0 Å². The van der Waals surface area contributed by atoms with Gasteiger partial charge in [0, 0.05) is 11.6 Å². The van der Waals surface area contributed by atoms with Gasteiger partial charge in [0.15, 0.2) is 0 Å². The second-order valence-electron chi connectivity index (χ2n) is 5.85. The van der Waals surface area contributed by atoms with Crippen LogP contribution in [0.4, 0.5) is 0 Å². The molecular weight excluding hydrogens is 208 g/mol. The Morgan fingerprint density at radius 3 is 2.00 bits per heavy atom. The Labute approximate surface area is 106 Å². The molecule has 1 rings (SSSR count). The molecule has 2 heteroatoms. The van der Waals surface area contributed by atoms with E-state index in [2.05, 4.69) is 64.9 Å². The van der Waals surface area contributed by atoms with Crippen LogP contribution in [0.25, 0.3) is 0 Å². The van der Waals surface area contributed by atoms with E-state index in [1.165, 1.54) is 16.7 Å². The van der Waals surface area contributed by atoms with Gasteiger partial charge in [-0.3, -0.25) is 0 Å². The summed E-state index contributed by atoms with van der Waals surface area (Å²) in [6.45, 7) is 8.67. The SMILES string of the molecule is Cc1cc(C)cc(CC(N)C(C)(C)N(C)C)c1. The van der Waals surface area contributed by atoms with Crippen molar-refractivity contribution in [3.63, 3.8) is 0 Å². The van der Waals surface area contributed by atoms with Gasteiger partial charge in [-0.25, -0.2) is 0 Å². The smallest absolute Gasteiger partial charge is 0.0301 e. The maximum atomic E-state index is 6.34. The lowest BCUT2D eigenvalue weighted by atomic mass is 9.88. The van der Waals surface area contributed by atoms with Gasteiger partial charge in [0.2, 0.25) is 0 Å². The van der Waals surface area contributed by atoms with Crippen molar-refractivity contribution in [2.24, 2.45) is 5.73 Å². The Balaban J connectivity index is 2.84. The number of nitrogens with two attached hydrogens (primary N) is 1. The van der Waals surface area contributed by atoms with Crippen LogP contribution in [0, 0.1) is 13.8 Å². The summed E-state index contributed by atoms with van der Waals surface area (Å²) in [5, 5.41) is 0. The zero-order chi connectivity index (χ0) is 13.2. The van der Waals surface area contributed by atoms with E-state index in [-0.39, 0.29) is 11.6 Å². The Hall–Kier alpha value is -0.860. The van der Waals surface area contributed by atoms with Crippen LogP contribution in [0.3, 0.4) is 0 Å². The third-order valence-electron chi connectivity index (χ3n) is 3.80. The number of nitrogens with zero attached hydrogens (tertiary/aromatic N) is 1. The first-order valence-corrected chi connectivity index (χ1v) is 6.23. The molecule has 0 saturated heterocycles. The topological polar surface area (TPSA) is 29.3 Å². The van der Waals surface area contributed by atoms with Crippen LogP contribution in [-0.2, 0) is 6.42 Å². The van der Waals surface area contributed by atoms with Crippen LogP contribution in [-0.4, -0.2) is 30.6 Å². The normalized spacial score (nSPS) is 14.1. The molecule has 1 aromatic rings. The largest absolute Gasteiger partial charge is 0.326 e. The highest BCUT2D eigenvalue weighted by molar-refractivity contribution is 5.29. The van der Waals surface area contributed by atoms with Crippen LogP contribution in [0.5, 0.6) is 0 Å². The molecule has 0 radical (unpaired) electrons. The summed E-state index contributed by atoms with van der Waals surface area (Å²) in [5.41, 5.74) is 10.3. The first kappa shape index (κ1) is 14.2. The minimum atomic E-state index is 0.0116. The molecular formula is C15H26N2. The first-order valence-electron chi connectivity index (χ1n) is 6.23. The van der Waals surface area contributed by atoms with Gasteiger partial charge >= 0.3 is 0 Å². The van der Waals surface area contributed by atoms with Crippen molar-refractivity contribution in [2.45, 2.75) is 45.7 Å². The standard InChI is InChI=1S/C15H26N2/c1-11-7-12(2)9-13(8-11)10-14(16)15(3,4)17(5)6/h7-9,14H,10,16H2,1-6H3. The van der Waals surface area contributed by atoms with E-state index >= 15 is 0 Å². The second-order valence-corrected chi connectivity index (χ2v) is 5.85. The lowest BCUT2D eigenvalue weighted by Gasteiger charge is -2.38. The quantitative estimate of drug-likeness (QED) is 0.867. The van der Waals surface area contributed by atoms with Gasteiger partial charge in [0.05, 0.1) is 0 Å². The summed E-state index contributed by atoms with van der Waals surface area (Å²) in [7, 11) is 4.17. The molecule has 96 valence electrons. The van der Waals surface area contributed by atoms with E-state index in [0.29, 0.717) is 0 Å². The number of likely N-dealkylation sites (N-methyl/N-ethyl adjacent to an activating group) is 1. The average molecular weight is 234 g/mol. The Bertz CT molecular complexity index is 360. The fraction of sp³-hybridized carbons (Fsp3) is 0.600. The van der Waals surface area contributed by atoms with Gasteiger partial charge in [-0.15, -0.1) is 0 Å². The zero-order valence-corrected chi connectivity index (χ0v) is 12.0. The number of benzene rings is 1. The molecule has 0 aliphatic carbocycles. The lowest BCUT2D eigenvalue weighted by Crippen LogP contribution is -2.54. The number of hydrogen-bond acceptors (Lipinski definition) is 2. The summed E-state index contributed by atoms with van der Waals surface area (Å²) in [4.78, 5) is 2.19. The highest BCUT2D eigenvalue weighted by Gasteiger charge is 2.28. The lowest BCUT2D eigenvalue weighted by molar-refractivity contribution is 0.158. The van der Waals surface area contributed by atoms with E-state index in [1.807, 2.05) is 0 Å². The van der Waals surface area contributed by atoms with Gasteiger partial charge in [-0.05, 0) is 53.8 Å². The molecule has 0 aliphatic heterocycles. The van der Waals surface area contributed by atoms with E-state index in [9.17, 15) is 0 Å². The van der Waals surface area contributed by atoms with Gasteiger partial charge in [-0.2, -0.15) is 0 Å². The molecule has 17 heavy (non-hydrogen) atoms. The minimum Gasteiger partial charge on any atom is -0.326 e. The molecule has 0 aromatic heterocycles. The predicted octanol–water partition coefficient (Wildman–Crippen LogP) is 2.51. The summed E-state index contributed by atoms with van der Waals surface area (Å²) >= 11 is 0.